The Morgan fingerprint density at radius 3 is 2.75 bits per heavy atom. The molecule has 2 aliphatic heterocycles. The lowest BCUT2D eigenvalue weighted by molar-refractivity contribution is -0.121. The molecule has 0 bridgehead atoms. The predicted octanol–water partition coefficient (Wildman–Crippen LogP) is 0.681. The molecule has 132 valence electrons. The van der Waals surface area contributed by atoms with Crippen LogP contribution in [0.15, 0.2) is 6.07 Å². The van der Waals surface area contributed by atoms with Crippen molar-refractivity contribution >= 4 is 17.7 Å². The summed E-state index contributed by atoms with van der Waals surface area (Å²) in [6.07, 6.45) is 5.15. The number of aryl methyl sites for hydroxylation is 1. The van der Waals surface area contributed by atoms with Crippen molar-refractivity contribution in [3.63, 3.8) is 0 Å². The van der Waals surface area contributed by atoms with E-state index in [9.17, 15) is 4.79 Å². The number of likely N-dealkylation sites (N-methyl/N-ethyl adjacent to an activating group) is 1. The average molecular weight is 332 g/mol. The largest absolute Gasteiger partial charge is 0.357 e. The van der Waals surface area contributed by atoms with Crippen molar-refractivity contribution < 1.29 is 4.79 Å². The van der Waals surface area contributed by atoms with Crippen LogP contribution in [0.1, 0.15) is 38.3 Å². The Labute approximate surface area is 143 Å². The van der Waals surface area contributed by atoms with E-state index in [-0.39, 0.29) is 18.0 Å². The summed E-state index contributed by atoms with van der Waals surface area (Å²) in [7, 11) is 1.67. The van der Waals surface area contributed by atoms with Gasteiger partial charge in [-0.15, -0.1) is 0 Å². The molecule has 1 amide bonds. The third-order valence-corrected chi connectivity index (χ3v) is 4.93. The number of carbonyl (C=O) groups is 1. The SMILES string of the molecule is CCc1cc(N2C[C@H](N)C[C@H]2C(=O)NC)nc(N2CCCCC2)n1. The number of anilines is 2. The molecule has 2 aliphatic rings. The van der Waals surface area contributed by atoms with Crippen LogP contribution >= 0.6 is 0 Å². The summed E-state index contributed by atoms with van der Waals surface area (Å²) in [5.74, 6) is 1.61. The number of nitrogens with zero attached hydrogens (tertiary/aromatic N) is 4. The number of hydrogen-bond acceptors (Lipinski definition) is 6. The lowest BCUT2D eigenvalue weighted by Crippen LogP contribution is -2.42. The van der Waals surface area contributed by atoms with Gasteiger partial charge in [-0.1, -0.05) is 6.92 Å². The molecule has 2 atom stereocenters. The first-order valence-corrected chi connectivity index (χ1v) is 8.99. The number of hydrogen-bond donors (Lipinski definition) is 2. The van der Waals surface area contributed by atoms with Gasteiger partial charge in [0, 0.05) is 44.5 Å². The lowest BCUT2D eigenvalue weighted by Gasteiger charge is -2.29. The maximum absolute atomic E-state index is 12.2. The summed E-state index contributed by atoms with van der Waals surface area (Å²) < 4.78 is 0. The van der Waals surface area contributed by atoms with Crippen molar-refractivity contribution in [1.82, 2.24) is 15.3 Å². The molecule has 3 rings (SSSR count). The van der Waals surface area contributed by atoms with E-state index < -0.39 is 0 Å². The topological polar surface area (TPSA) is 87.4 Å². The fraction of sp³-hybridized carbons (Fsp3) is 0.706. The molecular weight excluding hydrogens is 304 g/mol. The number of rotatable bonds is 4. The highest BCUT2D eigenvalue weighted by Gasteiger charge is 2.36. The Kier molecular flexibility index (Phi) is 5.18. The second kappa shape index (κ2) is 7.34. The maximum atomic E-state index is 12.2. The van der Waals surface area contributed by atoms with E-state index in [2.05, 4.69) is 17.1 Å². The second-order valence-electron chi connectivity index (χ2n) is 6.70. The minimum atomic E-state index is -0.251. The van der Waals surface area contributed by atoms with Crippen molar-refractivity contribution in [3.8, 4) is 0 Å². The summed E-state index contributed by atoms with van der Waals surface area (Å²) in [6, 6.07) is 1.74. The van der Waals surface area contributed by atoms with Gasteiger partial charge in [0.25, 0.3) is 0 Å². The molecular formula is C17H28N6O. The normalized spacial score (nSPS) is 24.3. The smallest absolute Gasteiger partial charge is 0.242 e. The Morgan fingerprint density at radius 1 is 1.33 bits per heavy atom. The van der Waals surface area contributed by atoms with Gasteiger partial charge in [-0.25, -0.2) is 4.98 Å². The predicted molar refractivity (Wildman–Crippen MR) is 95.3 cm³/mol. The number of aromatic nitrogens is 2. The van der Waals surface area contributed by atoms with Crippen LogP contribution in [0, 0.1) is 0 Å². The van der Waals surface area contributed by atoms with Crippen molar-refractivity contribution in [3.05, 3.63) is 11.8 Å². The Morgan fingerprint density at radius 2 is 2.08 bits per heavy atom. The number of carbonyl (C=O) groups excluding carboxylic acids is 1. The van der Waals surface area contributed by atoms with E-state index in [0.717, 1.165) is 37.0 Å². The van der Waals surface area contributed by atoms with Crippen molar-refractivity contribution in [1.29, 1.82) is 0 Å². The molecule has 2 fully saturated rings. The second-order valence-corrected chi connectivity index (χ2v) is 6.70. The highest BCUT2D eigenvalue weighted by atomic mass is 16.2. The number of piperidine rings is 1. The molecule has 0 aromatic carbocycles. The minimum absolute atomic E-state index is 0.000803. The maximum Gasteiger partial charge on any atom is 0.242 e. The van der Waals surface area contributed by atoms with Crippen LogP contribution < -0.4 is 20.9 Å². The van der Waals surface area contributed by atoms with Crippen LogP contribution in [0.3, 0.4) is 0 Å². The molecule has 7 heteroatoms. The molecule has 0 spiro atoms. The first kappa shape index (κ1) is 17.0. The first-order valence-electron chi connectivity index (χ1n) is 8.99. The molecule has 0 aliphatic carbocycles. The fourth-order valence-corrected chi connectivity index (χ4v) is 3.57. The molecule has 0 saturated carbocycles. The van der Waals surface area contributed by atoms with Gasteiger partial charge < -0.3 is 20.9 Å². The summed E-state index contributed by atoms with van der Waals surface area (Å²) in [5.41, 5.74) is 7.13. The monoisotopic (exact) mass is 332 g/mol. The van der Waals surface area contributed by atoms with Crippen LogP contribution in [0.2, 0.25) is 0 Å². The van der Waals surface area contributed by atoms with Gasteiger partial charge in [0.2, 0.25) is 11.9 Å². The van der Waals surface area contributed by atoms with Gasteiger partial charge >= 0.3 is 0 Å². The van der Waals surface area contributed by atoms with Crippen molar-refractivity contribution in [2.75, 3.05) is 36.5 Å². The van der Waals surface area contributed by atoms with Gasteiger partial charge in [0.1, 0.15) is 11.9 Å². The highest BCUT2D eigenvalue weighted by molar-refractivity contribution is 5.85. The Balaban J connectivity index is 1.92. The van der Waals surface area contributed by atoms with E-state index in [1.54, 1.807) is 7.05 Å². The van der Waals surface area contributed by atoms with E-state index in [1.165, 1.54) is 19.3 Å². The van der Waals surface area contributed by atoms with Gasteiger partial charge in [-0.2, -0.15) is 4.98 Å². The molecule has 1 aromatic heterocycles. The third kappa shape index (κ3) is 3.45. The van der Waals surface area contributed by atoms with Crippen LogP contribution in [0.5, 0.6) is 0 Å². The lowest BCUT2D eigenvalue weighted by atomic mass is 10.1. The zero-order chi connectivity index (χ0) is 17.1. The Hall–Kier alpha value is -1.89. The molecule has 3 heterocycles. The summed E-state index contributed by atoms with van der Waals surface area (Å²) in [5, 5.41) is 2.74. The van der Waals surface area contributed by atoms with Crippen molar-refractivity contribution in [2.24, 2.45) is 5.73 Å². The van der Waals surface area contributed by atoms with Gasteiger partial charge in [-0.05, 0) is 32.1 Å². The fourth-order valence-electron chi connectivity index (χ4n) is 3.57. The molecule has 0 unspecified atom stereocenters. The average Bonchev–Trinajstić information content (AvgIpc) is 3.03. The summed E-state index contributed by atoms with van der Waals surface area (Å²) in [4.78, 5) is 26.0. The van der Waals surface area contributed by atoms with Crippen LogP contribution in [0.4, 0.5) is 11.8 Å². The van der Waals surface area contributed by atoms with E-state index >= 15 is 0 Å². The minimum Gasteiger partial charge on any atom is -0.357 e. The molecule has 0 radical (unpaired) electrons. The molecule has 3 N–H and O–H groups in total. The highest BCUT2D eigenvalue weighted by Crippen LogP contribution is 2.27. The van der Waals surface area contributed by atoms with Gasteiger partial charge in [-0.3, -0.25) is 4.79 Å². The van der Waals surface area contributed by atoms with Crippen LogP contribution in [0.25, 0.3) is 0 Å². The van der Waals surface area contributed by atoms with Crippen LogP contribution in [-0.2, 0) is 11.2 Å². The van der Waals surface area contributed by atoms with E-state index in [1.807, 2.05) is 11.0 Å². The zero-order valence-corrected chi connectivity index (χ0v) is 14.7. The number of nitrogens with one attached hydrogen (secondary N) is 1. The molecule has 2 saturated heterocycles. The third-order valence-electron chi connectivity index (χ3n) is 4.93. The summed E-state index contributed by atoms with van der Waals surface area (Å²) in [6.45, 7) is 4.76. The molecule has 1 aromatic rings. The quantitative estimate of drug-likeness (QED) is 0.843. The zero-order valence-electron chi connectivity index (χ0n) is 14.7. The first-order chi connectivity index (χ1) is 11.6. The summed E-state index contributed by atoms with van der Waals surface area (Å²) >= 11 is 0. The van der Waals surface area contributed by atoms with Crippen LogP contribution in [-0.4, -0.2) is 54.6 Å². The number of nitrogens with two attached hydrogens (primary N) is 1. The standard InChI is InChI=1S/C17H28N6O/c1-3-13-10-15(21-17(20-13)22-7-5-4-6-8-22)23-11-12(18)9-14(23)16(24)19-2/h10,12,14H,3-9,11,18H2,1-2H3,(H,19,24)/t12-,14+/m1/s1. The van der Waals surface area contributed by atoms with Crippen molar-refractivity contribution in [2.45, 2.75) is 51.1 Å². The van der Waals surface area contributed by atoms with E-state index in [0.29, 0.717) is 13.0 Å². The molecule has 7 nitrogen and oxygen atoms in total. The number of amides is 1. The Bertz CT molecular complexity index is 586. The van der Waals surface area contributed by atoms with Gasteiger partial charge in [0.05, 0.1) is 0 Å². The van der Waals surface area contributed by atoms with Gasteiger partial charge in [0.15, 0.2) is 0 Å². The van der Waals surface area contributed by atoms with E-state index in [4.69, 9.17) is 15.7 Å². The molecule has 24 heavy (non-hydrogen) atoms.